The van der Waals surface area contributed by atoms with E-state index in [1.165, 1.54) is 16.9 Å². The van der Waals surface area contributed by atoms with Crippen molar-refractivity contribution < 1.29 is 4.79 Å². The van der Waals surface area contributed by atoms with Crippen LogP contribution < -0.4 is 0 Å². The monoisotopic (exact) mass is 374 g/mol. The Morgan fingerprint density at radius 3 is 2.54 bits per heavy atom. The van der Waals surface area contributed by atoms with Crippen LogP contribution in [-0.4, -0.2) is 38.2 Å². The van der Waals surface area contributed by atoms with E-state index in [4.69, 9.17) is 5.10 Å². The van der Waals surface area contributed by atoms with Gasteiger partial charge in [-0.1, -0.05) is 18.2 Å². The minimum absolute atomic E-state index is 0.155. The van der Waals surface area contributed by atoms with E-state index >= 15 is 0 Å². The van der Waals surface area contributed by atoms with Crippen LogP contribution in [0, 0.1) is 19.3 Å². The van der Waals surface area contributed by atoms with Crippen molar-refractivity contribution >= 4 is 5.91 Å². The Morgan fingerprint density at radius 1 is 1.11 bits per heavy atom. The van der Waals surface area contributed by atoms with Crippen molar-refractivity contribution in [3.05, 3.63) is 71.3 Å². The van der Waals surface area contributed by atoms with Crippen molar-refractivity contribution in [1.29, 1.82) is 0 Å². The maximum atomic E-state index is 12.7. The number of carbonyl (C=O) groups excluding carboxylic acids is 1. The number of aromatic nitrogens is 3. The topological polar surface area (TPSA) is 43.1 Å². The highest BCUT2D eigenvalue weighted by molar-refractivity contribution is 5.93. The molecule has 1 aliphatic heterocycles. The number of carbonyl (C=O) groups is 1. The maximum absolute atomic E-state index is 12.7. The molecule has 3 aromatic rings. The van der Waals surface area contributed by atoms with Gasteiger partial charge in [0.1, 0.15) is 5.69 Å². The molecule has 0 N–H and O–H groups in total. The maximum Gasteiger partial charge on any atom is 0.270 e. The highest BCUT2D eigenvalue weighted by atomic mass is 16.2. The average molecular weight is 374 g/mol. The summed E-state index contributed by atoms with van der Waals surface area (Å²) >= 11 is 0. The summed E-state index contributed by atoms with van der Waals surface area (Å²) in [6.07, 6.45) is 4.21. The summed E-state index contributed by atoms with van der Waals surface area (Å²) in [5.41, 5.74) is 5.86. The third-order valence-electron chi connectivity index (χ3n) is 6.48. The Kier molecular flexibility index (Phi) is 3.76. The predicted molar refractivity (Wildman–Crippen MR) is 109 cm³/mol. The molecule has 0 bridgehead atoms. The molecule has 3 heterocycles. The van der Waals surface area contributed by atoms with E-state index in [0.29, 0.717) is 11.3 Å². The smallest absolute Gasteiger partial charge is 0.270 e. The van der Waals surface area contributed by atoms with E-state index in [9.17, 15) is 4.79 Å². The Balaban J connectivity index is 1.30. The average Bonchev–Trinajstić information content (AvgIpc) is 3.18. The van der Waals surface area contributed by atoms with Crippen LogP contribution in [0.1, 0.15) is 46.2 Å². The number of hydrogen-bond donors (Lipinski definition) is 0. The third kappa shape index (κ3) is 2.60. The van der Waals surface area contributed by atoms with Crippen LogP contribution >= 0.6 is 0 Å². The van der Waals surface area contributed by atoms with Crippen molar-refractivity contribution in [2.24, 2.45) is 12.5 Å². The van der Waals surface area contributed by atoms with Crippen LogP contribution in [0.4, 0.5) is 0 Å². The molecule has 1 aromatic carbocycles. The summed E-state index contributed by atoms with van der Waals surface area (Å²) in [5.74, 6) is 0.676. The molecule has 1 aliphatic carbocycles. The fourth-order valence-corrected chi connectivity index (χ4v) is 5.01. The van der Waals surface area contributed by atoms with Gasteiger partial charge in [-0.3, -0.25) is 4.79 Å². The van der Waals surface area contributed by atoms with E-state index < -0.39 is 0 Å². The van der Waals surface area contributed by atoms with Crippen LogP contribution in [-0.2, 0) is 7.05 Å². The molecule has 0 atom stereocenters. The second-order valence-corrected chi connectivity index (χ2v) is 8.68. The van der Waals surface area contributed by atoms with Gasteiger partial charge in [0.05, 0.1) is 11.4 Å². The molecular formula is C23H26N4O. The lowest BCUT2D eigenvalue weighted by atomic mass is 9.57. The normalized spacial score (nSPS) is 18.2. The van der Waals surface area contributed by atoms with Crippen molar-refractivity contribution in [3.8, 4) is 5.69 Å². The first kappa shape index (κ1) is 17.3. The van der Waals surface area contributed by atoms with Crippen molar-refractivity contribution in [2.45, 2.75) is 32.6 Å². The van der Waals surface area contributed by atoms with Gasteiger partial charge in [0, 0.05) is 43.4 Å². The Bertz CT molecular complexity index is 1050. The molecule has 5 heteroatoms. The zero-order valence-electron chi connectivity index (χ0n) is 16.7. The van der Waals surface area contributed by atoms with Gasteiger partial charge in [-0.25, -0.2) is 4.68 Å². The zero-order valence-corrected chi connectivity index (χ0v) is 16.7. The minimum atomic E-state index is 0.155. The lowest BCUT2D eigenvalue weighted by Crippen LogP contribution is -2.63. The number of benzene rings is 1. The van der Waals surface area contributed by atoms with Crippen LogP contribution in [0.25, 0.3) is 5.69 Å². The molecule has 0 radical (unpaired) electrons. The second-order valence-electron chi connectivity index (χ2n) is 8.68. The quantitative estimate of drug-likeness (QED) is 0.699. The standard InChI is InChI=1S/C23H26N4O/c1-16-7-4-5-8-19(16)27-21(11-17(2)24-27)18-12-23(13-18)14-26(15-23)22(28)20-9-6-10-25(20)3/h4-11,18H,12-15H2,1-3H3. The van der Waals surface area contributed by atoms with Crippen molar-refractivity contribution in [3.63, 3.8) is 0 Å². The second kappa shape index (κ2) is 6.09. The van der Waals surface area contributed by atoms with Crippen molar-refractivity contribution in [2.75, 3.05) is 13.1 Å². The summed E-state index contributed by atoms with van der Waals surface area (Å²) in [7, 11) is 1.93. The van der Waals surface area contributed by atoms with Gasteiger partial charge in [0.2, 0.25) is 0 Å². The van der Waals surface area contributed by atoms with E-state index in [2.05, 4.69) is 48.9 Å². The highest BCUT2D eigenvalue weighted by Crippen LogP contribution is 2.56. The largest absolute Gasteiger partial charge is 0.347 e. The van der Waals surface area contributed by atoms with Crippen LogP contribution in [0.15, 0.2) is 48.7 Å². The fourth-order valence-electron chi connectivity index (χ4n) is 5.01. The number of aryl methyl sites for hydroxylation is 3. The number of rotatable bonds is 3. The fraction of sp³-hybridized carbons (Fsp3) is 0.391. The molecule has 5 rings (SSSR count). The molecule has 1 saturated heterocycles. The number of amides is 1. The molecule has 1 saturated carbocycles. The lowest BCUT2D eigenvalue weighted by molar-refractivity contribution is -0.0569. The van der Waals surface area contributed by atoms with Gasteiger partial charge in [-0.05, 0) is 56.5 Å². The van der Waals surface area contributed by atoms with Gasteiger partial charge < -0.3 is 9.47 Å². The Morgan fingerprint density at radius 2 is 1.86 bits per heavy atom. The molecule has 1 spiro atoms. The number of hydrogen-bond acceptors (Lipinski definition) is 2. The summed E-state index contributed by atoms with van der Waals surface area (Å²) < 4.78 is 4.04. The molecule has 1 amide bonds. The van der Waals surface area contributed by atoms with Crippen molar-refractivity contribution in [1.82, 2.24) is 19.2 Å². The summed E-state index contributed by atoms with van der Waals surface area (Å²) in [5, 5.41) is 4.77. The first-order valence-electron chi connectivity index (χ1n) is 9.99. The van der Waals surface area contributed by atoms with Gasteiger partial charge in [0.25, 0.3) is 5.91 Å². The molecule has 144 valence electrons. The number of para-hydroxylation sites is 1. The van der Waals surface area contributed by atoms with E-state index in [0.717, 1.165) is 37.3 Å². The first-order chi connectivity index (χ1) is 13.5. The molecule has 0 unspecified atom stereocenters. The third-order valence-corrected chi connectivity index (χ3v) is 6.48. The van der Waals surface area contributed by atoms with Crippen LogP contribution in [0.5, 0.6) is 0 Å². The first-order valence-corrected chi connectivity index (χ1v) is 9.99. The van der Waals surface area contributed by atoms with Crippen LogP contribution in [0.3, 0.4) is 0 Å². The molecule has 28 heavy (non-hydrogen) atoms. The Labute approximate surface area is 165 Å². The highest BCUT2D eigenvalue weighted by Gasteiger charge is 2.54. The minimum Gasteiger partial charge on any atom is -0.347 e. The van der Waals surface area contributed by atoms with E-state index in [1.807, 2.05) is 34.8 Å². The lowest BCUT2D eigenvalue weighted by Gasteiger charge is -2.59. The van der Waals surface area contributed by atoms with E-state index in [-0.39, 0.29) is 5.91 Å². The molecule has 2 aromatic heterocycles. The molecule has 2 fully saturated rings. The number of nitrogens with zero attached hydrogens (tertiary/aromatic N) is 4. The summed E-state index contributed by atoms with van der Waals surface area (Å²) in [6.45, 7) is 5.96. The predicted octanol–water partition coefficient (Wildman–Crippen LogP) is 3.85. The van der Waals surface area contributed by atoms with Gasteiger partial charge in [-0.15, -0.1) is 0 Å². The van der Waals surface area contributed by atoms with Crippen LogP contribution in [0.2, 0.25) is 0 Å². The van der Waals surface area contributed by atoms with Gasteiger partial charge in [0.15, 0.2) is 0 Å². The molecule has 2 aliphatic rings. The SMILES string of the molecule is Cc1cc(C2CC3(C2)CN(C(=O)c2cccn2C)C3)n(-c2ccccc2C)n1. The summed E-state index contributed by atoms with van der Waals surface area (Å²) in [4.78, 5) is 14.7. The van der Waals surface area contributed by atoms with Gasteiger partial charge in [-0.2, -0.15) is 5.10 Å². The molecule has 5 nitrogen and oxygen atoms in total. The van der Waals surface area contributed by atoms with Gasteiger partial charge >= 0.3 is 0 Å². The zero-order chi connectivity index (χ0) is 19.5. The van der Waals surface area contributed by atoms with E-state index in [1.54, 1.807) is 0 Å². The molecular weight excluding hydrogens is 348 g/mol. The summed E-state index contributed by atoms with van der Waals surface area (Å²) in [6, 6.07) is 14.5. The number of likely N-dealkylation sites (tertiary alicyclic amines) is 1. The Hall–Kier alpha value is -2.82.